The second kappa shape index (κ2) is 7.44. The minimum atomic E-state index is -4.11. The Morgan fingerprint density at radius 2 is 2.08 bits per heavy atom. The van der Waals surface area contributed by atoms with Crippen LogP contribution >= 0.6 is 0 Å². The van der Waals surface area contributed by atoms with E-state index in [9.17, 15) is 26.9 Å². The van der Waals surface area contributed by atoms with Crippen molar-refractivity contribution >= 4 is 31.2 Å². The summed E-state index contributed by atoms with van der Waals surface area (Å²) in [4.78, 5) is 8.48. The largest absolute Gasteiger partial charge is 0.375 e. The van der Waals surface area contributed by atoms with Gasteiger partial charge in [-0.15, -0.1) is 0 Å². The molecule has 11 nitrogen and oxygen atoms in total. The molecule has 1 aromatic carbocycles. The highest BCUT2D eigenvalue weighted by molar-refractivity contribution is 7.92. The molecule has 1 fully saturated rings. The van der Waals surface area contributed by atoms with Crippen LogP contribution in [0.2, 0.25) is 0 Å². The van der Waals surface area contributed by atoms with Crippen molar-refractivity contribution in [2.75, 3.05) is 37.3 Å². The zero-order chi connectivity index (χ0) is 19.6. The van der Waals surface area contributed by atoms with Crippen LogP contribution in [-0.4, -0.2) is 58.7 Å². The van der Waals surface area contributed by atoms with E-state index < -0.39 is 40.3 Å². The highest BCUT2D eigenvalue weighted by atomic mass is 32.2. The number of rotatable bonds is 7. The van der Waals surface area contributed by atoms with Gasteiger partial charge in [-0.05, 0) is 12.1 Å². The molecule has 0 bridgehead atoms. The molecule has 4 N–H and O–H groups in total. The molecule has 0 amide bonds. The molecule has 0 saturated carbocycles. The van der Waals surface area contributed by atoms with E-state index in [1.165, 1.54) is 13.0 Å². The standard InChI is InChI=1S/C13H20N4O7S2/c1-2-25(20,21)13(8-15-5-6-24-13)9-16-11-4-3-10(26(14,22)23)7-12(11)17(18)19/h3-4,7,15-16H,2,5-6,8-9H2,1H3,(H2,14,22,23). The van der Waals surface area contributed by atoms with Crippen LogP contribution in [0.4, 0.5) is 11.4 Å². The number of nitro groups is 1. The Hall–Kier alpha value is -1.80. The van der Waals surface area contributed by atoms with Crippen molar-refractivity contribution in [2.24, 2.45) is 5.14 Å². The fourth-order valence-electron chi connectivity index (χ4n) is 2.54. The average Bonchev–Trinajstić information content (AvgIpc) is 2.59. The minimum absolute atomic E-state index is 0.0270. The highest BCUT2D eigenvalue weighted by Crippen LogP contribution is 2.29. The topological polar surface area (TPSA) is 171 Å². The Morgan fingerprint density at radius 3 is 2.58 bits per heavy atom. The number of nitrogens with two attached hydrogens (primary N) is 1. The number of nitrogens with zero attached hydrogens (tertiary/aromatic N) is 1. The molecule has 1 atom stereocenters. The number of anilines is 1. The van der Waals surface area contributed by atoms with Crippen LogP contribution in [0.1, 0.15) is 6.92 Å². The summed E-state index contributed by atoms with van der Waals surface area (Å²) >= 11 is 0. The third-order valence-corrected chi connectivity index (χ3v) is 7.24. The van der Waals surface area contributed by atoms with Crippen LogP contribution in [0, 0.1) is 10.1 Å². The maximum atomic E-state index is 12.5. The van der Waals surface area contributed by atoms with E-state index >= 15 is 0 Å². The van der Waals surface area contributed by atoms with Crippen LogP contribution in [0.5, 0.6) is 0 Å². The Bertz CT molecular complexity index is 893. The van der Waals surface area contributed by atoms with Crippen LogP contribution in [-0.2, 0) is 24.6 Å². The van der Waals surface area contributed by atoms with Crippen molar-refractivity contribution in [1.29, 1.82) is 0 Å². The molecule has 1 aromatic rings. The number of primary sulfonamides is 1. The Morgan fingerprint density at radius 1 is 1.38 bits per heavy atom. The fraction of sp³-hybridized carbons (Fsp3) is 0.538. The predicted molar refractivity (Wildman–Crippen MR) is 94.0 cm³/mol. The van der Waals surface area contributed by atoms with Gasteiger partial charge in [-0.2, -0.15) is 0 Å². The number of hydrogen-bond donors (Lipinski definition) is 3. The molecule has 146 valence electrons. The SMILES string of the molecule is CCS(=O)(=O)C1(CNc2ccc(S(N)(=O)=O)cc2[N+](=O)[O-])CNCCO1. The average molecular weight is 408 g/mol. The third-order valence-electron chi connectivity index (χ3n) is 4.03. The van der Waals surface area contributed by atoms with Crippen molar-refractivity contribution in [3.63, 3.8) is 0 Å². The molecule has 0 aliphatic carbocycles. The van der Waals surface area contributed by atoms with Gasteiger partial charge in [-0.25, -0.2) is 22.0 Å². The summed E-state index contributed by atoms with van der Waals surface area (Å²) < 4.78 is 53.2. The maximum Gasteiger partial charge on any atom is 0.293 e. The summed E-state index contributed by atoms with van der Waals surface area (Å²) in [5, 5.41) is 21.9. The van der Waals surface area contributed by atoms with Crippen molar-refractivity contribution in [1.82, 2.24) is 5.32 Å². The number of hydrogen-bond acceptors (Lipinski definition) is 9. The summed E-state index contributed by atoms with van der Waals surface area (Å²) in [7, 11) is -7.76. The molecular formula is C13H20N4O7S2. The molecule has 1 unspecified atom stereocenters. The summed E-state index contributed by atoms with van der Waals surface area (Å²) in [5.74, 6) is -0.164. The lowest BCUT2D eigenvalue weighted by atomic mass is 10.2. The van der Waals surface area contributed by atoms with E-state index in [0.29, 0.717) is 6.54 Å². The first-order valence-electron chi connectivity index (χ1n) is 7.64. The maximum absolute atomic E-state index is 12.5. The van der Waals surface area contributed by atoms with E-state index in [0.717, 1.165) is 12.1 Å². The van der Waals surface area contributed by atoms with Crippen LogP contribution in [0.25, 0.3) is 0 Å². The van der Waals surface area contributed by atoms with Gasteiger partial charge < -0.3 is 15.4 Å². The van der Waals surface area contributed by atoms with Crippen molar-refractivity contribution in [2.45, 2.75) is 16.8 Å². The quantitative estimate of drug-likeness (QED) is 0.394. The molecule has 0 aromatic heterocycles. The minimum Gasteiger partial charge on any atom is -0.375 e. The molecule has 26 heavy (non-hydrogen) atoms. The van der Waals surface area contributed by atoms with E-state index in [-0.39, 0.29) is 31.1 Å². The first-order valence-corrected chi connectivity index (χ1v) is 10.8. The normalized spacial score (nSPS) is 21.3. The molecule has 1 saturated heterocycles. The van der Waals surface area contributed by atoms with Crippen molar-refractivity contribution in [3.05, 3.63) is 28.3 Å². The van der Waals surface area contributed by atoms with Crippen LogP contribution < -0.4 is 15.8 Å². The molecule has 1 aliphatic rings. The van der Waals surface area contributed by atoms with Crippen molar-refractivity contribution in [3.8, 4) is 0 Å². The first-order chi connectivity index (χ1) is 12.0. The van der Waals surface area contributed by atoms with Gasteiger partial charge in [0.05, 0.1) is 28.7 Å². The smallest absolute Gasteiger partial charge is 0.293 e. The van der Waals surface area contributed by atoms with Gasteiger partial charge in [-0.1, -0.05) is 6.92 Å². The highest BCUT2D eigenvalue weighted by Gasteiger charge is 2.45. The van der Waals surface area contributed by atoms with Crippen LogP contribution in [0.3, 0.4) is 0 Å². The molecule has 2 rings (SSSR count). The summed E-state index contributed by atoms with van der Waals surface area (Å²) in [6.07, 6.45) is 0. The number of sulfone groups is 1. The lowest BCUT2D eigenvalue weighted by molar-refractivity contribution is -0.384. The monoisotopic (exact) mass is 408 g/mol. The molecule has 0 spiro atoms. The van der Waals surface area contributed by atoms with Gasteiger partial charge in [0.1, 0.15) is 5.69 Å². The molecule has 0 radical (unpaired) electrons. The number of sulfonamides is 1. The van der Waals surface area contributed by atoms with E-state index in [2.05, 4.69) is 10.6 Å². The fourth-order valence-corrected chi connectivity index (χ4v) is 4.48. The first kappa shape index (κ1) is 20.5. The summed E-state index contributed by atoms with van der Waals surface area (Å²) in [6.45, 7) is 1.93. The number of morpholine rings is 1. The number of benzene rings is 1. The lowest BCUT2D eigenvalue weighted by Gasteiger charge is -2.37. The zero-order valence-corrected chi connectivity index (χ0v) is 15.6. The van der Waals surface area contributed by atoms with Gasteiger partial charge in [0.15, 0.2) is 14.8 Å². The van der Waals surface area contributed by atoms with Gasteiger partial charge in [0.25, 0.3) is 5.69 Å². The molecule has 1 heterocycles. The predicted octanol–water partition coefficient (Wildman–Crippen LogP) is -0.595. The Balaban J connectivity index is 2.36. The van der Waals surface area contributed by atoms with Gasteiger partial charge in [-0.3, -0.25) is 10.1 Å². The van der Waals surface area contributed by atoms with Gasteiger partial charge in [0.2, 0.25) is 10.0 Å². The summed E-state index contributed by atoms with van der Waals surface area (Å²) in [6, 6.07) is 3.09. The number of nitrogens with one attached hydrogen (secondary N) is 2. The number of nitro benzene ring substituents is 1. The molecular weight excluding hydrogens is 388 g/mol. The molecule has 1 aliphatic heterocycles. The van der Waals surface area contributed by atoms with E-state index in [1.54, 1.807) is 0 Å². The second-order valence-corrected chi connectivity index (χ2v) is 9.79. The zero-order valence-electron chi connectivity index (χ0n) is 14.0. The van der Waals surface area contributed by atoms with Crippen LogP contribution in [0.15, 0.2) is 23.1 Å². The lowest BCUT2D eigenvalue weighted by Crippen LogP contribution is -2.59. The van der Waals surface area contributed by atoms with E-state index in [4.69, 9.17) is 9.88 Å². The molecule has 13 heteroatoms. The third kappa shape index (κ3) is 4.12. The van der Waals surface area contributed by atoms with E-state index in [1.807, 2.05) is 0 Å². The number of ether oxygens (including phenoxy) is 1. The second-order valence-electron chi connectivity index (χ2n) is 5.67. The van der Waals surface area contributed by atoms with Gasteiger partial charge >= 0.3 is 0 Å². The Kier molecular flexibility index (Phi) is 5.87. The summed E-state index contributed by atoms with van der Waals surface area (Å²) in [5.41, 5.74) is -0.577. The van der Waals surface area contributed by atoms with Gasteiger partial charge in [0, 0.05) is 19.2 Å². The van der Waals surface area contributed by atoms with Crippen molar-refractivity contribution < 1.29 is 26.5 Å². The Labute approximate surface area is 151 Å².